The highest BCUT2D eigenvalue weighted by Crippen LogP contribution is 2.36. The van der Waals surface area contributed by atoms with E-state index >= 15 is 0 Å². The SMILES string of the molecule is OC1(CNCc2cc(-c3ccccc3)n[nH]2)CCc2ccccc21. The Bertz CT molecular complexity index is 828. The average Bonchev–Trinajstić information content (AvgIpc) is 3.22. The van der Waals surface area contributed by atoms with Gasteiger partial charge in [0, 0.05) is 24.3 Å². The lowest BCUT2D eigenvalue weighted by Gasteiger charge is -2.24. The first kappa shape index (κ1) is 15.1. The Morgan fingerprint density at radius 1 is 1.08 bits per heavy atom. The minimum Gasteiger partial charge on any atom is -0.384 e. The zero-order valence-corrected chi connectivity index (χ0v) is 13.5. The molecule has 1 aliphatic carbocycles. The summed E-state index contributed by atoms with van der Waals surface area (Å²) in [4.78, 5) is 0. The number of fused-ring (bicyclic) bond motifs is 1. The zero-order chi connectivity index (χ0) is 16.4. The van der Waals surface area contributed by atoms with E-state index in [1.165, 1.54) is 5.56 Å². The summed E-state index contributed by atoms with van der Waals surface area (Å²) < 4.78 is 0. The number of hydrogen-bond acceptors (Lipinski definition) is 3. The number of aromatic nitrogens is 2. The molecule has 24 heavy (non-hydrogen) atoms. The summed E-state index contributed by atoms with van der Waals surface area (Å²) in [7, 11) is 0. The second-order valence-electron chi connectivity index (χ2n) is 6.44. The van der Waals surface area contributed by atoms with Gasteiger partial charge in [0.15, 0.2) is 0 Å². The predicted octanol–water partition coefficient (Wildman–Crippen LogP) is 3.00. The molecule has 4 nitrogen and oxygen atoms in total. The van der Waals surface area contributed by atoms with E-state index in [1.807, 2.05) is 48.5 Å². The molecule has 0 bridgehead atoms. The van der Waals surface area contributed by atoms with Crippen molar-refractivity contribution in [1.29, 1.82) is 0 Å². The molecule has 2 aromatic carbocycles. The monoisotopic (exact) mass is 319 g/mol. The molecule has 3 N–H and O–H groups in total. The molecule has 1 atom stereocenters. The molecule has 0 amide bonds. The molecule has 1 unspecified atom stereocenters. The van der Waals surface area contributed by atoms with Crippen LogP contribution in [-0.4, -0.2) is 21.8 Å². The van der Waals surface area contributed by atoms with Crippen LogP contribution in [0.1, 0.15) is 23.2 Å². The molecule has 1 aliphatic rings. The maximum absolute atomic E-state index is 10.9. The van der Waals surface area contributed by atoms with Gasteiger partial charge in [0.2, 0.25) is 0 Å². The van der Waals surface area contributed by atoms with Crippen LogP contribution in [0.2, 0.25) is 0 Å². The summed E-state index contributed by atoms with van der Waals surface area (Å²) >= 11 is 0. The Labute approximate surface area is 141 Å². The third-order valence-corrected chi connectivity index (χ3v) is 4.76. The van der Waals surface area contributed by atoms with E-state index in [9.17, 15) is 5.11 Å². The van der Waals surface area contributed by atoms with Crippen LogP contribution in [0.5, 0.6) is 0 Å². The van der Waals surface area contributed by atoms with Crippen LogP contribution in [-0.2, 0) is 18.6 Å². The Kier molecular flexibility index (Phi) is 3.92. The second-order valence-corrected chi connectivity index (χ2v) is 6.44. The van der Waals surface area contributed by atoms with Crippen LogP contribution >= 0.6 is 0 Å². The highest BCUT2D eigenvalue weighted by atomic mass is 16.3. The number of rotatable bonds is 5. The molecule has 4 rings (SSSR count). The van der Waals surface area contributed by atoms with Crippen molar-refractivity contribution >= 4 is 0 Å². The van der Waals surface area contributed by atoms with Crippen LogP contribution in [0.3, 0.4) is 0 Å². The number of aliphatic hydroxyl groups is 1. The van der Waals surface area contributed by atoms with Gasteiger partial charge in [0.05, 0.1) is 5.69 Å². The largest absolute Gasteiger partial charge is 0.384 e. The van der Waals surface area contributed by atoms with Crippen molar-refractivity contribution < 1.29 is 5.11 Å². The minimum atomic E-state index is -0.765. The molecule has 3 aromatic rings. The van der Waals surface area contributed by atoms with Gasteiger partial charge in [-0.1, -0.05) is 54.6 Å². The highest BCUT2D eigenvalue weighted by molar-refractivity contribution is 5.58. The van der Waals surface area contributed by atoms with E-state index in [0.717, 1.165) is 35.4 Å². The Balaban J connectivity index is 1.39. The third-order valence-electron chi connectivity index (χ3n) is 4.76. The lowest BCUT2D eigenvalue weighted by molar-refractivity contribution is 0.0384. The normalized spacial score (nSPS) is 19.4. The van der Waals surface area contributed by atoms with Gasteiger partial charge in [0.1, 0.15) is 5.60 Å². The van der Waals surface area contributed by atoms with Crippen LogP contribution in [0, 0.1) is 0 Å². The number of aromatic amines is 1. The molecule has 4 heteroatoms. The number of H-pyrrole nitrogens is 1. The van der Waals surface area contributed by atoms with Gasteiger partial charge < -0.3 is 10.4 Å². The summed E-state index contributed by atoms with van der Waals surface area (Å²) in [6.07, 6.45) is 1.72. The van der Waals surface area contributed by atoms with E-state index < -0.39 is 5.60 Å². The maximum atomic E-state index is 10.9. The second kappa shape index (κ2) is 6.23. The molecule has 0 saturated heterocycles. The van der Waals surface area contributed by atoms with Crippen molar-refractivity contribution in [2.75, 3.05) is 6.54 Å². The number of aryl methyl sites for hydroxylation is 1. The number of nitrogens with zero attached hydrogens (tertiary/aromatic N) is 1. The molecule has 0 spiro atoms. The van der Waals surface area contributed by atoms with Crippen molar-refractivity contribution in [3.05, 3.63) is 77.5 Å². The fraction of sp³-hybridized carbons (Fsp3) is 0.250. The summed E-state index contributed by atoms with van der Waals surface area (Å²) in [6.45, 7) is 1.20. The van der Waals surface area contributed by atoms with Gasteiger partial charge >= 0.3 is 0 Å². The van der Waals surface area contributed by atoms with Crippen molar-refractivity contribution in [3.8, 4) is 11.3 Å². The van der Waals surface area contributed by atoms with Crippen molar-refractivity contribution in [1.82, 2.24) is 15.5 Å². The topological polar surface area (TPSA) is 60.9 Å². The van der Waals surface area contributed by atoms with Gasteiger partial charge in [-0.15, -0.1) is 0 Å². The van der Waals surface area contributed by atoms with Gasteiger partial charge in [-0.25, -0.2) is 0 Å². The van der Waals surface area contributed by atoms with Crippen molar-refractivity contribution in [2.24, 2.45) is 0 Å². The molecule has 1 aromatic heterocycles. The number of nitrogens with one attached hydrogen (secondary N) is 2. The summed E-state index contributed by atoms with van der Waals surface area (Å²) in [6, 6.07) is 20.3. The molecule has 122 valence electrons. The molecule has 0 saturated carbocycles. The molecule has 0 radical (unpaired) electrons. The van der Waals surface area contributed by atoms with E-state index in [1.54, 1.807) is 0 Å². The fourth-order valence-corrected chi connectivity index (χ4v) is 3.46. The first-order chi connectivity index (χ1) is 11.7. The minimum absolute atomic E-state index is 0.545. The number of hydrogen-bond donors (Lipinski definition) is 3. The summed E-state index contributed by atoms with van der Waals surface area (Å²) in [5.41, 5.74) is 4.62. The van der Waals surface area contributed by atoms with Crippen LogP contribution < -0.4 is 5.32 Å². The van der Waals surface area contributed by atoms with E-state index in [4.69, 9.17) is 0 Å². The summed E-state index contributed by atoms with van der Waals surface area (Å²) in [5.74, 6) is 0. The first-order valence-electron chi connectivity index (χ1n) is 8.36. The highest BCUT2D eigenvalue weighted by Gasteiger charge is 2.35. The van der Waals surface area contributed by atoms with Crippen molar-refractivity contribution in [3.63, 3.8) is 0 Å². The van der Waals surface area contributed by atoms with E-state index in [0.29, 0.717) is 13.1 Å². The van der Waals surface area contributed by atoms with Crippen LogP contribution in [0.25, 0.3) is 11.3 Å². The Hall–Kier alpha value is -2.43. The van der Waals surface area contributed by atoms with Gasteiger partial charge in [-0.05, 0) is 30.0 Å². The Morgan fingerprint density at radius 2 is 1.88 bits per heavy atom. The molecule has 1 heterocycles. The van der Waals surface area contributed by atoms with Gasteiger partial charge in [-0.3, -0.25) is 5.10 Å². The van der Waals surface area contributed by atoms with Crippen LogP contribution in [0.4, 0.5) is 0 Å². The zero-order valence-electron chi connectivity index (χ0n) is 13.5. The standard InChI is InChI=1S/C20H21N3O/c24-20(11-10-15-6-4-5-9-18(15)20)14-21-13-17-12-19(23-22-17)16-7-2-1-3-8-16/h1-9,12,21,24H,10-11,13-14H2,(H,22,23). The van der Waals surface area contributed by atoms with Gasteiger partial charge in [0.25, 0.3) is 0 Å². The Morgan fingerprint density at radius 3 is 2.75 bits per heavy atom. The molecule has 0 aliphatic heterocycles. The lowest BCUT2D eigenvalue weighted by Crippen LogP contribution is -2.36. The summed E-state index contributed by atoms with van der Waals surface area (Å²) in [5, 5.41) is 21.7. The fourth-order valence-electron chi connectivity index (χ4n) is 3.46. The average molecular weight is 319 g/mol. The predicted molar refractivity (Wildman–Crippen MR) is 94.4 cm³/mol. The molecular formula is C20H21N3O. The maximum Gasteiger partial charge on any atom is 0.103 e. The third kappa shape index (κ3) is 2.86. The van der Waals surface area contributed by atoms with E-state index in [2.05, 4.69) is 27.6 Å². The number of benzene rings is 2. The van der Waals surface area contributed by atoms with Gasteiger partial charge in [-0.2, -0.15) is 5.10 Å². The molecular weight excluding hydrogens is 298 g/mol. The first-order valence-corrected chi connectivity index (χ1v) is 8.36. The van der Waals surface area contributed by atoms with Crippen LogP contribution in [0.15, 0.2) is 60.7 Å². The smallest absolute Gasteiger partial charge is 0.103 e. The lowest BCUT2D eigenvalue weighted by atomic mass is 9.96. The van der Waals surface area contributed by atoms with Crippen molar-refractivity contribution in [2.45, 2.75) is 25.0 Å². The van der Waals surface area contributed by atoms with E-state index in [-0.39, 0.29) is 0 Å². The molecule has 0 fully saturated rings. The quantitative estimate of drug-likeness (QED) is 0.677.